The van der Waals surface area contributed by atoms with E-state index in [-0.39, 0.29) is 5.91 Å². The quantitative estimate of drug-likeness (QED) is 0.570. The lowest BCUT2D eigenvalue weighted by Crippen LogP contribution is -2.24. The standard InChI is InChI=1S/C9H9NO/c1-2-7-10-9(11)8-5-3-4-6-8/h1,3-5H,6-7H2,(H,10,11). The van der Waals surface area contributed by atoms with Crippen LogP contribution in [0, 0.1) is 12.3 Å². The molecular formula is C9H9NO. The van der Waals surface area contributed by atoms with E-state index in [1.807, 2.05) is 12.2 Å². The number of carbonyl (C=O) groups is 1. The van der Waals surface area contributed by atoms with Crippen LogP contribution in [-0.4, -0.2) is 12.5 Å². The van der Waals surface area contributed by atoms with Crippen LogP contribution in [0.3, 0.4) is 0 Å². The molecule has 0 heterocycles. The first kappa shape index (κ1) is 7.62. The monoisotopic (exact) mass is 147 g/mol. The highest BCUT2D eigenvalue weighted by molar-refractivity contribution is 5.94. The van der Waals surface area contributed by atoms with Gasteiger partial charge in [-0.25, -0.2) is 0 Å². The average Bonchev–Trinajstić information content (AvgIpc) is 2.52. The zero-order chi connectivity index (χ0) is 8.10. The zero-order valence-corrected chi connectivity index (χ0v) is 6.13. The summed E-state index contributed by atoms with van der Waals surface area (Å²) < 4.78 is 0. The molecule has 11 heavy (non-hydrogen) atoms. The van der Waals surface area contributed by atoms with E-state index in [2.05, 4.69) is 11.2 Å². The van der Waals surface area contributed by atoms with Gasteiger partial charge in [0.15, 0.2) is 0 Å². The molecule has 0 saturated heterocycles. The lowest BCUT2D eigenvalue weighted by atomic mass is 10.2. The normalized spacial score (nSPS) is 13.9. The van der Waals surface area contributed by atoms with Crippen molar-refractivity contribution in [3.05, 3.63) is 23.8 Å². The van der Waals surface area contributed by atoms with Crippen molar-refractivity contribution in [3.8, 4) is 12.3 Å². The van der Waals surface area contributed by atoms with Gasteiger partial charge in [-0.2, -0.15) is 0 Å². The summed E-state index contributed by atoms with van der Waals surface area (Å²) >= 11 is 0. The highest BCUT2D eigenvalue weighted by Crippen LogP contribution is 2.09. The predicted molar refractivity (Wildman–Crippen MR) is 43.7 cm³/mol. The Balaban J connectivity index is 2.38. The fraction of sp³-hybridized carbons (Fsp3) is 0.222. The van der Waals surface area contributed by atoms with Gasteiger partial charge in [0.25, 0.3) is 0 Å². The molecule has 1 N–H and O–H groups in total. The molecule has 0 unspecified atom stereocenters. The molecule has 2 nitrogen and oxygen atoms in total. The number of amides is 1. The zero-order valence-electron chi connectivity index (χ0n) is 6.13. The third-order valence-electron chi connectivity index (χ3n) is 1.41. The third kappa shape index (κ3) is 1.98. The summed E-state index contributed by atoms with van der Waals surface area (Å²) in [5, 5.41) is 2.59. The Labute approximate surface area is 66.0 Å². The summed E-state index contributed by atoms with van der Waals surface area (Å²) in [7, 11) is 0. The minimum absolute atomic E-state index is 0.0621. The number of hydrogen-bond donors (Lipinski definition) is 1. The van der Waals surface area contributed by atoms with Crippen molar-refractivity contribution in [1.82, 2.24) is 5.32 Å². The van der Waals surface area contributed by atoms with Crippen molar-refractivity contribution in [1.29, 1.82) is 0 Å². The Morgan fingerprint density at radius 3 is 3.18 bits per heavy atom. The van der Waals surface area contributed by atoms with E-state index in [0.717, 1.165) is 12.0 Å². The summed E-state index contributed by atoms with van der Waals surface area (Å²) in [5.74, 6) is 2.28. The molecule has 0 aromatic rings. The minimum Gasteiger partial charge on any atom is -0.341 e. The van der Waals surface area contributed by atoms with Gasteiger partial charge in [0, 0.05) is 5.57 Å². The molecule has 0 radical (unpaired) electrons. The molecule has 0 fully saturated rings. The van der Waals surface area contributed by atoms with Crippen LogP contribution < -0.4 is 5.32 Å². The topological polar surface area (TPSA) is 29.1 Å². The first-order valence-electron chi connectivity index (χ1n) is 3.42. The fourth-order valence-electron chi connectivity index (χ4n) is 0.860. The first-order valence-corrected chi connectivity index (χ1v) is 3.42. The van der Waals surface area contributed by atoms with E-state index in [4.69, 9.17) is 6.42 Å². The van der Waals surface area contributed by atoms with E-state index in [9.17, 15) is 4.79 Å². The van der Waals surface area contributed by atoms with Crippen LogP contribution in [0.25, 0.3) is 0 Å². The van der Waals surface area contributed by atoms with Gasteiger partial charge in [-0.15, -0.1) is 6.42 Å². The molecule has 1 aliphatic carbocycles. The van der Waals surface area contributed by atoms with Gasteiger partial charge >= 0.3 is 0 Å². The average molecular weight is 147 g/mol. The van der Waals surface area contributed by atoms with Gasteiger partial charge in [0.05, 0.1) is 6.54 Å². The van der Waals surface area contributed by atoms with Crippen molar-refractivity contribution < 1.29 is 4.79 Å². The van der Waals surface area contributed by atoms with Gasteiger partial charge < -0.3 is 5.32 Å². The van der Waals surface area contributed by atoms with Gasteiger partial charge in [-0.1, -0.05) is 24.1 Å². The highest BCUT2D eigenvalue weighted by atomic mass is 16.1. The number of carbonyl (C=O) groups excluding carboxylic acids is 1. The maximum Gasteiger partial charge on any atom is 0.248 e. The molecule has 0 aromatic heterocycles. The molecule has 1 aliphatic rings. The van der Waals surface area contributed by atoms with Crippen molar-refractivity contribution in [2.24, 2.45) is 0 Å². The number of allylic oxidation sites excluding steroid dienone is 3. The Bertz CT molecular complexity index is 255. The van der Waals surface area contributed by atoms with Crippen LogP contribution >= 0.6 is 0 Å². The lowest BCUT2D eigenvalue weighted by Gasteiger charge is -1.99. The predicted octanol–water partition coefficient (Wildman–Crippen LogP) is 0.622. The van der Waals surface area contributed by atoms with E-state index >= 15 is 0 Å². The fourth-order valence-corrected chi connectivity index (χ4v) is 0.860. The van der Waals surface area contributed by atoms with E-state index < -0.39 is 0 Å². The third-order valence-corrected chi connectivity index (χ3v) is 1.41. The van der Waals surface area contributed by atoms with Crippen molar-refractivity contribution in [3.63, 3.8) is 0 Å². The number of terminal acetylenes is 1. The summed E-state index contributed by atoms with van der Waals surface area (Å²) in [4.78, 5) is 11.1. The number of nitrogens with one attached hydrogen (secondary N) is 1. The second-order valence-electron chi connectivity index (χ2n) is 2.21. The van der Waals surface area contributed by atoms with Crippen LogP contribution in [0.2, 0.25) is 0 Å². The highest BCUT2D eigenvalue weighted by Gasteiger charge is 2.07. The molecule has 2 heteroatoms. The minimum atomic E-state index is -0.0621. The summed E-state index contributed by atoms with van der Waals surface area (Å²) in [6.07, 6.45) is 11.3. The number of hydrogen-bond acceptors (Lipinski definition) is 1. The number of rotatable bonds is 2. The van der Waals surface area contributed by atoms with E-state index in [0.29, 0.717) is 6.54 Å². The maximum absolute atomic E-state index is 11.1. The first-order chi connectivity index (χ1) is 5.34. The van der Waals surface area contributed by atoms with E-state index in [1.54, 1.807) is 6.08 Å². The van der Waals surface area contributed by atoms with Crippen molar-refractivity contribution in [2.45, 2.75) is 6.42 Å². The van der Waals surface area contributed by atoms with Gasteiger partial charge in [0.1, 0.15) is 0 Å². The maximum atomic E-state index is 11.1. The Morgan fingerprint density at radius 2 is 2.64 bits per heavy atom. The Hall–Kier alpha value is -1.49. The molecule has 56 valence electrons. The second kappa shape index (κ2) is 3.62. The molecule has 0 aromatic carbocycles. The Kier molecular flexibility index (Phi) is 2.51. The molecule has 0 atom stereocenters. The van der Waals surface area contributed by atoms with Gasteiger partial charge in [-0.3, -0.25) is 4.79 Å². The van der Waals surface area contributed by atoms with Crippen molar-refractivity contribution >= 4 is 5.91 Å². The SMILES string of the molecule is C#CCNC(=O)C1=CC=CC1. The summed E-state index contributed by atoms with van der Waals surface area (Å²) in [6.45, 7) is 0.302. The molecular weight excluding hydrogens is 138 g/mol. The van der Waals surface area contributed by atoms with Crippen LogP contribution in [0.1, 0.15) is 6.42 Å². The largest absolute Gasteiger partial charge is 0.341 e. The molecule has 0 bridgehead atoms. The smallest absolute Gasteiger partial charge is 0.248 e. The van der Waals surface area contributed by atoms with E-state index in [1.165, 1.54) is 0 Å². The Morgan fingerprint density at radius 1 is 1.82 bits per heavy atom. The molecule has 1 amide bonds. The molecule has 1 rings (SSSR count). The van der Waals surface area contributed by atoms with Crippen LogP contribution in [0.4, 0.5) is 0 Å². The summed E-state index contributed by atoms with van der Waals surface area (Å²) in [6, 6.07) is 0. The van der Waals surface area contributed by atoms with Crippen LogP contribution in [0.5, 0.6) is 0 Å². The van der Waals surface area contributed by atoms with Gasteiger partial charge in [-0.05, 0) is 6.42 Å². The summed E-state index contributed by atoms with van der Waals surface area (Å²) in [5.41, 5.74) is 0.778. The van der Waals surface area contributed by atoms with Crippen molar-refractivity contribution in [2.75, 3.05) is 6.54 Å². The molecule has 0 saturated carbocycles. The molecule has 0 aliphatic heterocycles. The lowest BCUT2D eigenvalue weighted by molar-refractivity contribution is -0.117. The van der Waals surface area contributed by atoms with Crippen LogP contribution in [-0.2, 0) is 4.79 Å². The molecule has 0 spiro atoms. The second-order valence-corrected chi connectivity index (χ2v) is 2.21. The van der Waals surface area contributed by atoms with Gasteiger partial charge in [0.2, 0.25) is 5.91 Å². The van der Waals surface area contributed by atoms with Crippen LogP contribution in [0.15, 0.2) is 23.8 Å².